The molecule has 1 saturated heterocycles. The second-order valence-corrected chi connectivity index (χ2v) is 10.3. The van der Waals surface area contributed by atoms with Crippen LogP contribution >= 0.6 is 0 Å². The third-order valence-electron chi connectivity index (χ3n) is 8.41. The molecule has 0 amide bonds. The number of hydrogen-bond donors (Lipinski definition) is 2. The van der Waals surface area contributed by atoms with Crippen molar-refractivity contribution in [1.82, 2.24) is 10.7 Å². The molecule has 36 heavy (non-hydrogen) atoms. The summed E-state index contributed by atoms with van der Waals surface area (Å²) in [6.07, 6.45) is 14.0. The molecule has 3 aromatic rings. The van der Waals surface area contributed by atoms with Gasteiger partial charge in [-0.15, -0.1) is 0 Å². The lowest BCUT2D eigenvalue weighted by Gasteiger charge is -2.35. The molecule has 0 bridgehead atoms. The molecule has 5 unspecified atom stereocenters. The summed E-state index contributed by atoms with van der Waals surface area (Å²) in [5.74, 6) is 0.768. The van der Waals surface area contributed by atoms with Gasteiger partial charge in [0.1, 0.15) is 6.67 Å². The Labute approximate surface area is 211 Å². The van der Waals surface area contributed by atoms with Gasteiger partial charge < -0.3 is 10.2 Å². The van der Waals surface area contributed by atoms with Crippen molar-refractivity contribution in [2.45, 2.75) is 24.0 Å². The molecule has 0 saturated carbocycles. The first kappa shape index (κ1) is 20.2. The second kappa shape index (κ2) is 7.74. The maximum absolute atomic E-state index is 3.84. The number of para-hydroxylation sites is 2. The average molecular weight is 469 g/mol. The molecule has 4 heteroatoms. The number of benzene rings is 3. The van der Waals surface area contributed by atoms with E-state index in [0.29, 0.717) is 23.9 Å². The minimum Gasteiger partial charge on any atom is -0.378 e. The van der Waals surface area contributed by atoms with Crippen molar-refractivity contribution < 1.29 is 0 Å². The van der Waals surface area contributed by atoms with Gasteiger partial charge in [0.05, 0.1) is 23.8 Å². The SMILES string of the molecule is C1=CC2NC3=CC4c5ccccc5N(CN5NC(c6ccccc6)c6ccccc65)C4C=C3C2C=C1. The van der Waals surface area contributed by atoms with Gasteiger partial charge in [0, 0.05) is 28.8 Å². The van der Waals surface area contributed by atoms with Crippen LogP contribution in [0.5, 0.6) is 0 Å². The maximum Gasteiger partial charge on any atom is 0.106 e. The first-order valence-corrected chi connectivity index (χ1v) is 12.9. The first-order valence-electron chi connectivity index (χ1n) is 12.9. The average Bonchev–Trinajstić information content (AvgIpc) is 3.58. The van der Waals surface area contributed by atoms with E-state index >= 15 is 0 Å². The highest BCUT2D eigenvalue weighted by Crippen LogP contribution is 2.49. The smallest absolute Gasteiger partial charge is 0.106 e. The van der Waals surface area contributed by atoms with E-state index in [1.807, 2.05) is 0 Å². The minimum absolute atomic E-state index is 0.159. The Kier molecular flexibility index (Phi) is 4.34. The molecular formula is C32H28N4. The highest BCUT2D eigenvalue weighted by atomic mass is 15.6. The molecular weight excluding hydrogens is 440 g/mol. The zero-order valence-electron chi connectivity index (χ0n) is 20.0. The maximum atomic E-state index is 3.84. The molecule has 3 aliphatic heterocycles. The molecule has 1 fully saturated rings. The summed E-state index contributed by atoms with van der Waals surface area (Å²) in [5.41, 5.74) is 13.2. The summed E-state index contributed by atoms with van der Waals surface area (Å²) >= 11 is 0. The summed E-state index contributed by atoms with van der Waals surface area (Å²) in [4.78, 5) is 2.59. The van der Waals surface area contributed by atoms with E-state index in [-0.39, 0.29) is 6.04 Å². The molecule has 4 nitrogen and oxygen atoms in total. The molecule has 2 N–H and O–H groups in total. The van der Waals surface area contributed by atoms with Gasteiger partial charge in [-0.2, -0.15) is 0 Å². The van der Waals surface area contributed by atoms with Crippen LogP contribution in [0.1, 0.15) is 28.7 Å². The fourth-order valence-corrected chi connectivity index (χ4v) is 6.76. The van der Waals surface area contributed by atoms with Crippen LogP contribution in [0.25, 0.3) is 0 Å². The minimum atomic E-state index is 0.159. The Morgan fingerprint density at radius 1 is 0.694 bits per heavy atom. The molecule has 0 radical (unpaired) electrons. The highest BCUT2D eigenvalue weighted by Gasteiger charge is 2.44. The van der Waals surface area contributed by atoms with Gasteiger partial charge in [0.25, 0.3) is 0 Å². The quantitative estimate of drug-likeness (QED) is 0.526. The molecule has 8 rings (SSSR count). The summed E-state index contributed by atoms with van der Waals surface area (Å²) in [5, 5.41) is 6.13. The fraction of sp³-hybridized carbons (Fsp3) is 0.188. The van der Waals surface area contributed by atoms with Crippen LogP contribution in [0.15, 0.2) is 127 Å². The highest BCUT2D eigenvalue weighted by molar-refractivity contribution is 5.69. The van der Waals surface area contributed by atoms with Crippen LogP contribution in [0.3, 0.4) is 0 Å². The van der Waals surface area contributed by atoms with Crippen LogP contribution in [0.2, 0.25) is 0 Å². The lowest BCUT2D eigenvalue weighted by atomic mass is 9.83. The zero-order chi connectivity index (χ0) is 23.6. The zero-order valence-corrected chi connectivity index (χ0v) is 20.0. The van der Waals surface area contributed by atoms with E-state index in [1.54, 1.807) is 0 Å². The largest absolute Gasteiger partial charge is 0.378 e. The lowest BCUT2D eigenvalue weighted by molar-refractivity contribution is 0.568. The standard InChI is InChI=1S/C32H28N4/c1-2-10-21(11-3-1)32-24-14-6-9-17-30(24)36(34-32)20-35-29-16-8-5-13-23(29)26-18-28-25(19-31(26)35)22-12-4-7-15-27(22)33-28/h1-19,22,26-27,31-34H,20H2. The van der Waals surface area contributed by atoms with Crippen molar-refractivity contribution in [2.24, 2.45) is 5.92 Å². The Balaban J connectivity index is 1.17. The lowest BCUT2D eigenvalue weighted by Crippen LogP contribution is -2.47. The Morgan fingerprint density at radius 2 is 1.44 bits per heavy atom. The molecule has 176 valence electrons. The number of nitrogens with one attached hydrogen (secondary N) is 2. The van der Waals surface area contributed by atoms with E-state index < -0.39 is 0 Å². The molecule has 0 spiro atoms. The number of nitrogens with zero attached hydrogens (tertiary/aromatic N) is 2. The van der Waals surface area contributed by atoms with Crippen LogP contribution in [0, 0.1) is 5.92 Å². The van der Waals surface area contributed by atoms with Crippen LogP contribution in [-0.4, -0.2) is 18.8 Å². The van der Waals surface area contributed by atoms with Crippen molar-refractivity contribution in [3.05, 3.63) is 143 Å². The van der Waals surface area contributed by atoms with E-state index in [0.717, 1.165) is 6.67 Å². The summed E-state index contributed by atoms with van der Waals surface area (Å²) in [6, 6.07) is 29.3. The molecule has 3 heterocycles. The Morgan fingerprint density at radius 3 is 2.33 bits per heavy atom. The van der Waals surface area contributed by atoms with Crippen molar-refractivity contribution in [3.63, 3.8) is 0 Å². The number of fused-ring (bicyclic) bond motifs is 7. The molecule has 5 aliphatic rings. The van der Waals surface area contributed by atoms with Crippen molar-refractivity contribution in [3.8, 4) is 0 Å². The van der Waals surface area contributed by atoms with E-state index in [4.69, 9.17) is 0 Å². The third-order valence-corrected chi connectivity index (χ3v) is 8.41. The van der Waals surface area contributed by atoms with Crippen LogP contribution < -0.4 is 20.7 Å². The Hall–Kier alpha value is -4.02. The summed E-state index contributed by atoms with van der Waals surface area (Å²) < 4.78 is 0. The number of hydrazine groups is 1. The van der Waals surface area contributed by atoms with Gasteiger partial charge in [-0.1, -0.05) is 103 Å². The monoisotopic (exact) mass is 468 g/mol. The van der Waals surface area contributed by atoms with E-state index in [1.165, 1.54) is 39.3 Å². The normalized spacial score (nSPS) is 28.5. The van der Waals surface area contributed by atoms with E-state index in [2.05, 4.69) is 136 Å². The first-order chi connectivity index (χ1) is 17.8. The predicted molar refractivity (Wildman–Crippen MR) is 146 cm³/mol. The molecule has 2 aliphatic carbocycles. The third kappa shape index (κ3) is 2.91. The van der Waals surface area contributed by atoms with Gasteiger partial charge in [0.2, 0.25) is 0 Å². The van der Waals surface area contributed by atoms with Gasteiger partial charge >= 0.3 is 0 Å². The topological polar surface area (TPSA) is 30.5 Å². The van der Waals surface area contributed by atoms with Gasteiger partial charge in [-0.3, -0.25) is 5.01 Å². The van der Waals surface area contributed by atoms with Crippen molar-refractivity contribution in [1.29, 1.82) is 0 Å². The molecule has 5 atom stereocenters. The molecule has 0 aromatic heterocycles. The van der Waals surface area contributed by atoms with Gasteiger partial charge in [-0.05, 0) is 28.8 Å². The van der Waals surface area contributed by atoms with Gasteiger partial charge in [-0.25, -0.2) is 5.43 Å². The predicted octanol–water partition coefficient (Wildman–Crippen LogP) is 5.57. The fourth-order valence-electron chi connectivity index (χ4n) is 6.76. The Bertz CT molecular complexity index is 1470. The van der Waals surface area contributed by atoms with Gasteiger partial charge in [0.15, 0.2) is 0 Å². The van der Waals surface area contributed by atoms with Crippen molar-refractivity contribution >= 4 is 11.4 Å². The number of anilines is 2. The number of allylic oxidation sites excluding steroid dienone is 3. The van der Waals surface area contributed by atoms with Crippen LogP contribution in [0.4, 0.5) is 11.4 Å². The molecule has 3 aromatic carbocycles. The summed E-state index contributed by atoms with van der Waals surface area (Å²) in [7, 11) is 0. The van der Waals surface area contributed by atoms with Crippen molar-refractivity contribution in [2.75, 3.05) is 16.6 Å². The summed E-state index contributed by atoms with van der Waals surface area (Å²) in [6.45, 7) is 0.781. The second-order valence-electron chi connectivity index (χ2n) is 10.3. The number of rotatable bonds is 3. The van der Waals surface area contributed by atoms with Crippen LogP contribution in [-0.2, 0) is 0 Å². The van der Waals surface area contributed by atoms with E-state index in [9.17, 15) is 0 Å². The number of hydrogen-bond acceptors (Lipinski definition) is 4.